The summed E-state index contributed by atoms with van der Waals surface area (Å²) in [6, 6.07) is 3.05. The van der Waals surface area contributed by atoms with E-state index in [-0.39, 0.29) is 0 Å². The third-order valence-electron chi connectivity index (χ3n) is 2.04. The molecule has 0 N–H and O–H groups in total. The predicted octanol–water partition coefficient (Wildman–Crippen LogP) is 2.35. The molecule has 1 heteroatoms. The molecule has 0 aromatic rings. The van der Waals surface area contributed by atoms with Gasteiger partial charge >= 0.3 is 0 Å². The Bertz CT molecular complexity index is 55.4. The second-order valence-corrected chi connectivity index (χ2v) is 4.10. The SMILES string of the molecule is CCC1CC[Si]CC1. The maximum absolute atomic E-state index is 2.32. The van der Waals surface area contributed by atoms with Crippen LogP contribution < -0.4 is 0 Å². The van der Waals surface area contributed by atoms with Crippen molar-refractivity contribution in [3.05, 3.63) is 0 Å². The fraction of sp³-hybridized carbons (Fsp3) is 1.00. The van der Waals surface area contributed by atoms with Gasteiger partial charge in [-0.1, -0.05) is 38.3 Å². The van der Waals surface area contributed by atoms with Gasteiger partial charge in [0.15, 0.2) is 0 Å². The molecule has 46 valence electrons. The molecule has 0 saturated carbocycles. The van der Waals surface area contributed by atoms with E-state index in [0.717, 1.165) is 5.92 Å². The smallest absolute Gasteiger partial charge is 0.0378 e. The van der Waals surface area contributed by atoms with Crippen LogP contribution in [-0.4, -0.2) is 9.52 Å². The van der Waals surface area contributed by atoms with Crippen molar-refractivity contribution in [1.82, 2.24) is 0 Å². The minimum absolute atomic E-state index is 1.09. The number of hydrogen-bond donors (Lipinski definition) is 0. The summed E-state index contributed by atoms with van der Waals surface area (Å²) in [5, 5.41) is 0. The van der Waals surface area contributed by atoms with Crippen molar-refractivity contribution >= 4 is 9.52 Å². The molecule has 0 amide bonds. The third-order valence-corrected chi connectivity index (χ3v) is 3.32. The van der Waals surface area contributed by atoms with Crippen LogP contribution in [0.4, 0.5) is 0 Å². The van der Waals surface area contributed by atoms with E-state index in [1.54, 1.807) is 0 Å². The molecule has 0 aromatic heterocycles. The van der Waals surface area contributed by atoms with Crippen molar-refractivity contribution in [3.63, 3.8) is 0 Å². The van der Waals surface area contributed by atoms with Crippen molar-refractivity contribution in [2.45, 2.75) is 38.3 Å². The lowest BCUT2D eigenvalue weighted by molar-refractivity contribution is 0.461. The normalized spacial score (nSPS) is 23.6. The predicted molar refractivity (Wildman–Crippen MR) is 38.4 cm³/mol. The van der Waals surface area contributed by atoms with Crippen LogP contribution in [0.15, 0.2) is 0 Å². The Hall–Kier alpha value is 0.217. The average molecular weight is 126 g/mol. The Morgan fingerprint density at radius 2 is 2.00 bits per heavy atom. The fourth-order valence-corrected chi connectivity index (χ4v) is 2.76. The van der Waals surface area contributed by atoms with Gasteiger partial charge in [0.25, 0.3) is 0 Å². The lowest BCUT2D eigenvalue weighted by Gasteiger charge is -2.18. The van der Waals surface area contributed by atoms with E-state index in [0.29, 0.717) is 0 Å². The van der Waals surface area contributed by atoms with Gasteiger partial charge in [-0.15, -0.1) is 0 Å². The first-order valence-corrected chi connectivity index (χ1v) is 5.05. The van der Waals surface area contributed by atoms with E-state index >= 15 is 0 Å². The average Bonchev–Trinajstić information content (AvgIpc) is 1.90. The molecule has 1 heterocycles. The highest BCUT2D eigenvalue weighted by Gasteiger charge is 2.10. The molecule has 0 aliphatic carbocycles. The highest BCUT2D eigenvalue weighted by atomic mass is 28.2. The third kappa shape index (κ3) is 1.62. The maximum atomic E-state index is 2.32. The zero-order chi connectivity index (χ0) is 5.82. The van der Waals surface area contributed by atoms with E-state index in [2.05, 4.69) is 6.92 Å². The second kappa shape index (κ2) is 3.28. The summed E-state index contributed by atoms with van der Waals surface area (Å²) in [5.41, 5.74) is 0. The Labute approximate surface area is 54.5 Å². The lowest BCUT2D eigenvalue weighted by atomic mass is 10.0. The van der Waals surface area contributed by atoms with E-state index in [1.165, 1.54) is 40.9 Å². The summed E-state index contributed by atoms with van der Waals surface area (Å²) in [6.45, 7) is 2.32. The van der Waals surface area contributed by atoms with E-state index in [4.69, 9.17) is 0 Å². The van der Waals surface area contributed by atoms with Crippen molar-refractivity contribution < 1.29 is 0 Å². The van der Waals surface area contributed by atoms with Gasteiger partial charge in [-0.3, -0.25) is 0 Å². The van der Waals surface area contributed by atoms with Gasteiger partial charge in [-0.05, 0) is 5.92 Å². The molecule has 1 aliphatic rings. The molecular formula is C7H14Si. The quantitative estimate of drug-likeness (QED) is 0.473. The van der Waals surface area contributed by atoms with Crippen molar-refractivity contribution in [2.75, 3.05) is 0 Å². The molecule has 1 saturated heterocycles. The van der Waals surface area contributed by atoms with Crippen LogP contribution in [0.25, 0.3) is 0 Å². The number of rotatable bonds is 1. The number of hydrogen-bond acceptors (Lipinski definition) is 0. The molecule has 0 spiro atoms. The lowest BCUT2D eigenvalue weighted by Crippen LogP contribution is -2.08. The van der Waals surface area contributed by atoms with Crippen LogP contribution >= 0.6 is 0 Å². The van der Waals surface area contributed by atoms with Gasteiger partial charge in [0.2, 0.25) is 0 Å². The minimum atomic E-state index is 1.09. The zero-order valence-corrected chi connectivity index (χ0v) is 6.61. The fourth-order valence-electron chi connectivity index (χ4n) is 1.29. The summed E-state index contributed by atoms with van der Waals surface area (Å²) < 4.78 is 0. The molecule has 0 nitrogen and oxygen atoms in total. The highest BCUT2D eigenvalue weighted by molar-refractivity contribution is 6.35. The van der Waals surface area contributed by atoms with Crippen LogP contribution in [0.3, 0.4) is 0 Å². The van der Waals surface area contributed by atoms with E-state index < -0.39 is 0 Å². The topological polar surface area (TPSA) is 0 Å². The standard InChI is InChI=1S/C7H14Si/c1-2-7-3-5-8-6-4-7/h7H,2-6H2,1H3. The molecule has 0 unspecified atom stereocenters. The van der Waals surface area contributed by atoms with Crippen LogP contribution in [0, 0.1) is 5.92 Å². The van der Waals surface area contributed by atoms with Crippen LogP contribution in [-0.2, 0) is 0 Å². The Morgan fingerprint density at radius 3 is 2.38 bits per heavy atom. The van der Waals surface area contributed by atoms with Crippen molar-refractivity contribution in [2.24, 2.45) is 5.92 Å². The van der Waals surface area contributed by atoms with Crippen molar-refractivity contribution in [1.29, 1.82) is 0 Å². The van der Waals surface area contributed by atoms with E-state index in [9.17, 15) is 0 Å². The molecule has 0 atom stereocenters. The van der Waals surface area contributed by atoms with Crippen LogP contribution in [0.1, 0.15) is 26.2 Å². The van der Waals surface area contributed by atoms with Gasteiger partial charge in [-0.25, -0.2) is 0 Å². The van der Waals surface area contributed by atoms with Crippen LogP contribution in [0.5, 0.6) is 0 Å². The molecule has 8 heavy (non-hydrogen) atoms. The first kappa shape index (κ1) is 6.34. The summed E-state index contributed by atoms with van der Waals surface area (Å²) in [4.78, 5) is 0. The molecular weight excluding hydrogens is 112 g/mol. The molecule has 1 aliphatic heterocycles. The highest BCUT2D eigenvalue weighted by Crippen LogP contribution is 2.22. The maximum Gasteiger partial charge on any atom is 0.0378 e. The first-order valence-electron chi connectivity index (χ1n) is 3.64. The molecule has 1 fully saturated rings. The monoisotopic (exact) mass is 126 g/mol. The minimum Gasteiger partial charge on any atom is -0.0651 e. The van der Waals surface area contributed by atoms with Gasteiger partial charge in [-0.2, -0.15) is 0 Å². The molecule has 0 aromatic carbocycles. The summed E-state index contributed by atoms with van der Waals surface area (Å²) in [5.74, 6) is 1.09. The largest absolute Gasteiger partial charge is 0.0651 e. The first-order chi connectivity index (χ1) is 3.93. The summed E-state index contributed by atoms with van der Waals surface area (Å²) >= 11 is 0. The second-order valence-electron chi connectivity index (χ2n) is 2.60. The van der Waals surface area contributed by atoms with Gasteiger partial charge in [0, 0.05) is 9.52 Å². The summed E-state index contributed by atoms with van der Waals surface area (Å²) in [7, 11) is 1.29. The summed E-state index contributed by atoms with van der Waals surface area (Å²) in [6.07, 6.45) is 4.47. The van der Waals surface area contributed by atoms with Crippen molar-refractivity contribution in [3.8, 4) is 0 Å². The Kier molecular flexibility index (Phi) is 2.60. The van der Waals surface area contributed by atoms with Gasteiger partial charge in [0.1, 0.15) is 0 Å². The Balaban J connectivity index is 2.13. The molecule has 0 bridgehead atoms. The zero-order valence-electron chi connectivity index (χ0n) is 5.61. The van der Waals surface area contributed by atoms with Crippen LogP contribution in [0.2, 0.25) is 12.1 Å². The molecule has 1 rings (SSSR count). The molecule has 2 radical (unpaired) electrons. The van der Waals surface area contributed by atoms with E-state index in [1.807, 2.05) is 0 Å². The van der Waals surface area contributed by atoms with Gasteiger partial charge in [0.05, 0.1) is 0 Å². The van der Waals surface area contributed by atoms with Gasteiger partial charge < -0.3 is 0 Å². The Morgan fingerprint density at radius 1 is 1.38 bits per heavy atom.